The molecule has 0 radical (unpaired) electrons. The second-order valence-electron chi connectivity index (χ2n) is 9.07. The molecule has 36 heavy (non-hydrogen) atoms. The number of hydrogen-bond acceptors (Lipinski definition) is 6. The molecule has 1 aromatic carbocycles. The Morgan fingerprint density at radius 1 is 1.08 bits per heavy atom. The van der Waals surface area contributed by atoms with Gasteiger partial charge in [-0.15, -0.1) is 11.3 Å². The van der Waals surface area contributed by atoms with E-state index in [1.54, 1.807) is 23.3 Å². The molecule has 184 valence electrons. The zero-order valence-electron chi connectivity index (χ0n) is 20.5. The summed E-state index contributed by atoms with van der Waals surface area (Å²) in [5, 5.41) is 1.95. The highest BCUT2D eigenvalue weighted by Crippen LogP contribution is 2.44. The molecule has 0 amide bonds. The molecule has 3 heterocycles. The number of allylic oxidation sites excluding steroid dienone is 6. The van der Waals surface area contributed by atoms with Crippen LogP contribution in [0, 0.1) is 0 Å². The van der Waals surface area contributed by atoms with E-state index in [4.69, 9.17) is 5.73 Å². The van der Waals surface area contributed by atoms with Crippen LogP contribution < -0.4 is 5.73 Å². The molecule has 0 saturated heterocycles. The SMILES string of the molecule is CC(C)(C)OC=O.Nc1cc(-c2cn(SC3=CC=CC=CC3)c3ncccc23)c(-c2ccccc2)s1. The van der Waals surface area contributed by atoms with Crippen molar-refractivity contribution >= 4 is 45.8 Å². The summed E-state index contributed by atoms with van der Waals surface area (Å²) in [5.74, 6) is 0. The monoisotopic (exact) mass is 515 g/mol. The molecule has 0 aliphatic heterocycles. The van der Waals surface area contributed by atoms with E-state index in [-0.39, 0.29) is 5.60 Å². The Bertz CT molecular complexity index is 1420. The smallest absolute Gasteiger partial charge is 0.293 e. The maximum absolute atomic E-state index is 9.60. The highest BCUT2D eigenvalue weighted by molar-refractivity contribution is 8.01. The number of thiophene rings is 1. The van der Waals surface area contributed by atoms with Crippen molar-refractivity contribution in [2.75, 3.05) is 5.73 Å². The molecular formula is C29H29N3O2S2. The predicted octanol–water partition coefficient (Wildman–Crippen LogP) is 7.87. The van der Waals surface area contributed by atoms with Gasteiger partial charge in [-0.2, -0.15) is 0 Å². The lowest BCUT2D eigenvalue weighted by Crippen LogP contribution is -2.17. The Labute approximate surface area is 220 Å². The van der Waals surface area contributed by atoms with Crippen LogP contribution in [0.15, 0.2) is 96.2 Å². The first-order valence-corrected chi connectivity index (χ1v) is 13.2. The van der Waals surface area contributed by atoms with E-state index in [1.165, 1.54) is 15.3 Å². The quantitative estimate of drug-likeness (QED) is 0.274. The van der Waals surface area contributed by atoms with Crippen LogP contribution in [0.1, 0.15) is 27.2 Å². The zero-order chi connectivity index (χ0) is 25.5. The summed E-state index contributed by atoms with van der Waals surface area (Å²) >= 11 is 3.35. The van der Waals surface area contributed by atoms with Crippen LogP contribution >= 0.6 is 23.3 Å². The van der Waals surface area contributed by atoms with Crippen LogP contribution in [0.5, 0.6) is 0 Å². The molecule has 1 aliphatic carbocycles. The lowest BCUT2D eigenvalue weighted by molar-refractivity contribution is -0.138. The highest BCUT2D eigenvalue weighted by atomic mass is 32.2. The molecule has 4 aromatic rings. The molecule has 2 N–H and O–H groups in total. The standard InChI is InChI=1S/C24H19N3S2.C5H10O2/c25-22-15-20(23(28-22)17-9-4-3-5-10-17)21-16-27(24-19(21)13-8-14-26-24)29-18-11-6-1-2-7-12-18;1-5(2,3)7-4-6/h1-11,13-16H,12,25H2;4H,1-3H3. The first-order chi connectivity index (χ1) is 17.4. The predicted molar refractivity (Wildman–Crippen MR) is 154 cm³/mol. The van der Waals surface area contributed by atoms with Gasteiger partial charge in [0.15, 0.2) is 5.65 Å². The van der Waals surface area contributed by atoms with Crippen molar-refractivity contribution in [3.05, 3.63) is 96.2 Å². The summed E-state index contributed by atoms with van der Waals surface area (Å²) in [6.07, 6.45) is 15.5. The third-order valence-corrected chi connectivity index (χ3v) is 7.21. The highest BCUT2D eigenvalue weighted by Gasteiger charge is 2.18. The second kappa shape index (κ2) is 11.5. The fourth-order valence-electron chi connectivity index (χ4n) is 3.63. The molecular weight excluding hydrogens is 486 g/mol. The number of carbonyl (C=O) groups is 1. The molecule has 5 nitrogen and oxygen atoms in total. The van der Waals surface area contributed by atoms with E-state index in [2.05, 4.69) is 86.7 Å². The van der Waals surface area contributed by atoms with Crippen molar-refractivity contribution in [2.24, 2.45) is 0 Å². The normalized spacial score (nSPS) is 13.0. The maximum Gasteiger partial charge on any atom is 0.293 e. The van der Waals surface area contributed by atoms with Gasteiger partial charge in [0, 0.05) is 38.7 Å². The maximum atomic E-state index is 9.60. The lowest BCUT2D eigenvalue weighted by Gasteiger charge is -2.14. The number of fused-ring (bicyclic) bond motifs is 1. The van der Waals surface area contributed by atoms with Crippen molar-refractivity contribution in [1.82, 2.24) is 8.96 Å². The Kier molecular flexibility index (Phi) is 8.13. The molecule has 0 bridgehead atoms. The van der Waals surface area contributed by atoms with Gasteiger partial charge >= 0.3 is 0 Å². The van der Waals surface area contributed by atoms with Crippen molar-refractivity contribution < 1.29 is 9.53 Å². The number of ether oxygens (including phenoxy) is 1. The Hall–Kier alpha value is -3.55. The lowest BCUT2D eigenvalue weighted by atomic mass is 10.0. The van der Waals surface area contributed by atoms with Crippen LogP contribution in [-0.2, 0) is 9.53 Å². The molecule has 0 spiro atoms. The third kappa shape index (κ3) is 6.36. The molecule has 0 atom stereocenters. The second-order valence-corrected chi connectivity index (χ2v) is 11.3. The molecule has 0 saturated carbocycles. The minimum absolute atomic E-state index is 0.318. The topological polar surface area (TPSA) is 70.1 Å². The summed E-state index contributed by atoms with van der Waals surface area (Å²) in [7, 11) is 0. The number of nitrogen functional groups attached to an aromatic ring is 1. The van der Waals surface area contributed by atoms with E-state index < -0.39 is 0 Å². The van der Waals surface area contributed by atoms with Gasteiger partial charge in [-0.05, 0) is 62.9 Å². The summed E-state index contributed by atoms with van der Waals surface area (Å²) < 4.78 is 6.72. The van der Waals surface area contributed by atoms with Crippen molar-refractivity contribution in [3.8, 4) is 21.6 Å². The van der Waals surface area contributed by atoms with E-state index in [1.807, 2.05) is 39.1 Å². The first-order valence-electron chi connectivity index (χ1n) is 11.6. The van der Waals surface area contributed by atoms with Crippen LogP contribution in [0.3, 0.4) is 0 Å². The van der Waals surface area contributed by atoms with E-state index >= 15 is 0 Å². The largest absolute Gasteiger partial charge is 0.462 e. The van der Waals surface area contributed by atoms with Crippen molar-refractivity contribution in [2.45, 2.75) is 32.8 Å². The number of anilines is 1. The van der Waals surface area contributed by atoms with Gasteiger partial charge in [0.05, 0.1) is 5.00 Å². The van der Waals surface area contributed by atoms with Gasteiger partial charge in [0.2, 0.25) is 0 Å². The number of carbonyl (C=O) groups excluding carboxylic acids is 1. The Balaban J connectivity index is 0.000000384. The molecule has 5 rings (SSSR count). The average molecular weight is 516 g/mol. The van der Waals surface area contributed by atoms with E-state index in [0.29, 0.717) is 6.47 Å². The Morgan fingerprint density at radius 3 is 2.61 bits per heavy atom. The molecule has 0 fully saturated rings. The number of rotatable bonds is 5. The average Bonchev–Trinajstić information content (AvgIpc) is 3.30. The number of nitrogens with zero attached hydrogens (tertiary/aromatic N) is 2. The van der Waals surface area contributed by atoms with Gasteiger partial charge in [0.1, 0.15) is 5.60 Å². The number of hydrogen-bond donors (Lipinski definition) is 1. The minimum Gasteiger partial charge on any atom is -0.462 e. The van der Waals surface area contributed by atoms with Gasteiger partial charge in [-0.25, -0.2) is 4.98 Å². The van der Waals surface area contributed by atoms with Crippen LogP contribution in [-0.4, -0.2) is 21.0 Å². The number of nitrogens with two attached hydrogens (primary N) is 1. The first kappa shape index (κ1) is 25.5. The van der Waals surface area contributed by atoms with Crippen LogP contribution in [0.2, 0.25) is 0 Å². The van der Waals surface area contributed by atoms with Crippen molar-refractivity contribution in [3.63, 3.8) is 0 Å². The van der Waals surface area contributed by atoms with Gasteiger partial charge in [-0.1, -0.05) is 60.7 Å². The molecule has 0 unspecified atom stereocenters. The minimum atomic E-state index is -0.318. The fraction of sp³-hybridized carbons (Fsp3) is 0.172. The molecule has 1 aliphatic rings. The van der Waals surface area contributed by atoms with Crippen molar-refractivity contribution in [1.29, 1.82) is 0 Å². The van der Waals surface area contributed by atoms with E-state index in [0.717, 1.165) is 33.6 Å². The van der Waals surface area contributed by atoms with Gasteiger partial charge in [-0.3, -0.25) is 8.77 Å². The van der Waals surface area contributed by atoms with E-state index in [9.17, 15) is 4.79 Å². The summed E-state index contributed by atoms with van der Waals surface area (Å²) in [6.45, 7) is 5.92. The van der Waals surface area contributed by atoms with Crippen LogP contribution in [0.25, 0.3) is 32.6 Å². The van der Waals surface area contributed by atoms with Gasteiger partial charge < -0.3 is 10.5 Å². The third-order valence-electron chi connectivity index (χ3n) is 5.19. The van der Waals surface area contributed by atoms with Crippen LogP contribution in [0.4, 0.5) is 5.00 Å². The number of benzene rings is 1. The summed E-state index contributed by atoms with van der Waals surface area (Å²) in [6, 6.07) is 16.7. The summed E-state index contributed by atoms with van der Waals surface area (Å²) in [5.41, 5.74) is 10.4. The fourth-order valence-corrected chi connectivity index (χ4v) is 5.52. The number of pyridine rings is 1. The van der Waals surface area contributed by atoms with Gasteiger partial charge in [0.25, 0.3) is 6.47 Å². The molecule has 3 aromatic heterocycles. The number of aromatic nitrogens is 2. The zero-order valence-corrected chi connectivity index (χ0v) is 22.2. The molecule has 7 heteroatoms. The summed E-state index contributed by atoms with van der Waals surface area (Å²) in [4.78, 5) is 16.7. The Morgan fingerprint density at radius 2 is 1.89 bits per heavy atom.